The predicted molar refractivity (Wildman–Crippen MR) is 80.7 cm³/mol. The van der Waals surface area contributed by atoms with Gasteiger partial charge in [0.2, 0.25) is 0 Å². The van der Waals surface area contributed by atoms with Gasteiger partial charge in [0.15, 0.2) is 6.29 Å². The molecule has 1 saturated heterocycles. The van der Waals surface area contributed by atoms with E-state index in [0.29, 0.717) is 24.3 Å². The van der Waals surface area contributed by atoms with Gasteiger partial charge in [-0.1, -0.05) is 6.07 Å². The van der Waals surface area contributed by atoms with E-state index >= 15 is 0 Å². The molecule has 0 N–H and O–H groups in total. The second-order valence-electron chi connectivity index (χ2n) is 5.49. The minimum atomic E-state index is -0.701. The molecule has 2 heterocycles. The van der Waals surface area contributed by atoms with Crippen LogP contribution in [0.4, 0.5) is 8.78 Å². The Balaban J connectivity index is 1.81. The SMILES string of the molecule is Cn1cnc2ccc(-c3c(F)cc(C4OCCO4)cc3F)cc21. The number of halogens is 2. The highest BCUT2D eigenvalue weighted by atomic mass is 19.1. The van der Waals surface area contributed by atoms with Gasteiger partial charge in [0.05, 0.1) is 36.1 Å². The van der Waals surface area contributed by atoms with Crippen LogP contribution >= 0.6 is 0 Å². The van der Waals surface area contributed by atoms with Gasteiger partial charge in [0.1, 0.15) is 11.6 Å². The minimum absolute atomic E-state index is 0.0603. The molecule has 4 rings (SSSR count). The molecule has 2 aromatic carbocycles. The fourth-order valence-electron chi connectivity index (χ4n) is 2.84. The standard InChI is InChI=1S/C17H14F2N2O2/c1-21-9-20-14-3-2-10(8-15(14)21)16-12(18)6-11(7-13(16)19)17-22-4-5-23-17/h2-3,6-9,17H,4-5H2,1H3. The van der Waals surface area contributed by atoms with Crippen LogP contribution in [0.25, 0.3) is 22.2 Å². The summed E-state index contributed by atoms with van der Waals surface area (Å²) in [6, 6.07) is 7.68. The number of benzene rings is 2. The van der Waals surface area contributed by atoms with Gasteiger partial charge in [-0.3, -0.25) is 0 Å². The van der Waals surface area contributed by atoms with Crippen LogP contribution in [-0.2, 0) is 16.5 Å². The number of imidazole rings is 1. The van der Waals surface area contributed by atoms with Gasteiger partial charge in [0.25, 0.3) is 0 Å². The van der Waals surface area contributed by atoms with Crippen LogP contribution in [0.2, 0.25) is 0 Å². The smallest absolute Gasteiger partial charge is 0.184 e. The summed E-state index contributed by atoms with van der Waals surface area (Å²) in [5.41, 5.74) is 2.35. The molecule has 3 aromatic rings. The summed E-state index contributed by atoms with van der Waals surface area (Å²) in [5.74, 6) is -1.28. The van der Waals surface area contributed by atoms with E-state index in [1.807, 2.05) is 11.6 Å². The zero-order chi connectivity index (χ0) is 16.0. The number of hydrogen-bond acceptors (Lipinski definition) is 3. The lowest BCUT2D eigenvalue weighted by Crippen LogP contribution is -2.02. The number of aryl methyl sites for hydroxylation is 1. The van der Waals surface area contributed by atoms with E-state index in [1.54, 1.807) is 24.5 Å². The number of rotatable bonds is 2. The molecule has 6 heteroatoms. The van der Waals surface area contributed by atoms with Gasteiger partial charge >= 0.3 is 0 Å². The number of ether oxygens (including phenoxy) is 2. The average molecular weight is 316 g/mol. The van der Waals surface area contributed by atoms with Crippen molar-refractivity contribution in [3.05, 3.63) is 53.9 Å². The fourth-order valence-corrected chi connectivity index (χ4v) is 2.84. The summed E-state index contributed by atoms with van der Waals surface area (Å²) in [5, 5.41) is 0. The van der Waals surface area contributed by atoms with Crippen LogP contribution in [0.3, 0.4) is 0 Å². The number of hydrogen-bond donors (Lipinski definition) is 0. The van der Waals surface area contributed by atoms with Gasteiger partial charge in [0, 0.05) is 12.6 Å². The van der Waals surface area contributed by atoms with Crippen molar-refractivity contribution in [3.8, 4) is 11.1 Å². The summed E-state index contributed by atoms with van der Waals surface area (Å²) < 4.78 is 41.4. The molecule has 118 valence electrons. The summed E-state index contributed by atoms with van der Waals surface area (Å²) in [6.07, 6.45) is 0.964. The van der Waals surface area contributed by atoms with Crippen LogP contribution in [0, 0.1) is 11.6 Å². The lowest BCUT2D eigenvalue weighted by Gasteiger charge is -2.12. The van der Waals surface area contributed by atoms with E-state index in [0.717, 1.165) is 11.0 Å². The summed E-state index contributed by atoms with van der Waals surface area (Å²) in [6.45, 7) is 0.847. The van der Waals surface area contributed by atoms with E-state index in [9.17, 15) is 8.78 Å². The maximum Gasteiger partial charge on any atom is 0.184 e. The Labute approximate surface area is 131 Å². The highest BCUT2D eigenvalue weighted by molar-refractivity contribution is 5.82. The first-order valence-corrected chi connectivity index (χ1v) is 7.27. The molecule has 1 aliphatic heterocycles. The molecule has 0 unspecified atom stereocenters. The van der Waals surface area contributed by atoms with Crippen molar-refractivity contribution >= 4 is 11.0 Å². The Hall–Kier alpha value is -2.31. The highest BCUT2D eigenvalue weighted by Gasteiger charge is 2.22. The Bertz CT molecular complexity index is 862. The lowest BCUT2D eigenvalue weighted by molar-refractivity contribution is -0.0444. The first-order chi connectivity index (χ1) is 11.1. The molecule has 0 bridgehead atoms. The fraction of sp³-hybridized carbons (Fsp3) is 0.235. The average Bonchev–Trinajstić information content (AvgIpc) is 3.17. The first kappa shape index (κ1) is 14.3. The third-order valence-corrected chi connectivity index (χ3v) is 3.97. The number of fused-ring (bicyclic) bond motifs is 1. The highest BCUT2D eigenvalue weighted by Crippen LogP contribution is 2.32. The second-order valence-corrected chi connectivity index (χ2v) is 5.49. The van der Waals surface area contributed by atoms with Gasteiger partial charge in [-0.2, -0.15) is 0 Å². The van der Waals surface area contributed by atoms with Crippen molar-refractivity contribution in [1.29, 1.82) is 0 Å². The van der Waals surface area contributed by atoms with E-state index in [1.165, 1.54) is 12.1 Å². The summed E-state index contributed by atoms with van der Waals surface area (Å²) in [7, 11) is 1.84. The normalized spacial score (nSPS) is 15.6. The second kappa shape index (κ2) is 5.40. The monoisotopic (exact) mass is 316 g/mol. The van der Waals surface area contributed by atoms with Crippen LogP contribution < -0.4 is 0 Å². The Kier molecular flexibility index (Phi) is 3.36. The van der Waals surface area contributed by atoms with Crippen molar-refractivity contribution in [2.24, 2.45) is 7.05 Å². The third-order valence-electron chi connectivity index (χ3n) is 3.97. The van der Waals surface area contributed by atoms with Crippen molar-refractivity contribution in [1.82, 2.24) is 9.55 Å². The van der Waals surface area contributed by atoms with Crippen molar-refractivity contribution < 1.29 is 18.3 Å². The molecule has 0 aliphatic carbocycles. The number of nitrogens with zero attached hydrogens (tertiary/aromatic N) is 2. The predicted octanol–water partition coefficient (Wildman–Crippen LogP) is 3.56. The molecular weight excluding hydrogens is 302 g/mol. The molecule has 23 heavy (non-hydrogen) atoms. The van der Waals surface area contributed by atoms with Gasteiger partial charge < -0.3 is 14.0 Å². The van der Waals surface area contributed by atoms with Crippen molar-refractivity contribution in [3.63, 3.8) is 0 Å². The van der Waals surface area contributed by atoms with Crippen LogP contribution in [-0.4, -0.2) is 22.8 Å². The van der Waals surface area contributed by atoms with E-state index in [-0.39, 0.29) is 5.56 Å². The maximum atomic E-state index is 14.5. The zero-order valence-electron chi connectivity index (χ0n) is 12.4. The van der Waals surface area contributed by atoms with Crippen LogP contribution in [0.15, 0.2) is 36.7 Å². The quantitative estimate of drug-likeness (QED) is 0.725. The van der Waals surface area contributed by atoms with Crippen LogP contribution in [0.1, 0.15) is 11.9 Å². The van der Waals surface area contributed by atoms with E-state index in [2.05, 4.69) is 4.98 Å². The van der Waals surface area contributed by atoms with Gasteiger partial charge in [-0.05, 0) is 29.8 Å². The molecule has 0 amide bonds. The minimum Gasteiger partial charge on any atom is -0.346 e. The number of aromatic nitrogens is 2. The topological polar surface area (TPSA) is 36.3 Å². The Morgan fingerprint density at radius 2 is 1.78 bits per heavy atom. The van der Waals surface area contributed by atoms with Crippen molar-refractivity contribution in [2.75, 3.05) is 13.2 Å². The molecule has 0 atom stereocenters. The van der Waals surface area contributed by atoms with E-state index < -0.39 is 17.9 Å². The molecule has 0 saturated carbocycles. The molecule has 1 aromatic heterocycles. The molecule has 1 aliphatic rings. The van der Waals surface area contributed by atoms with Crippen molar-refractivity contribution in [2.45, 2.75) is 6.29 Å². The molecular formula is C17H14F2N2O2. The Morgan fingerprint density at radius 1 is 1.09 bits per heavy atom. The molecule has 0 spiro atoms. The maximum absolute atomic E-state index is 14.5. The first-order valence-electron chi connectivity index (χ1n) is 7.27. The molecule has 0 radical (unpaired) electrons. The summed E-state index contributed by atoms with van der Waals surface area (Å²) >= 11 is 0. The molecule has 4 nitrogen and oxygen atoms in total. The largest absolute Gasteiger partial charge is 0.346 e. The third kappa shape index (κ3) is 2.40. The Morgan fingerprint density at radius 3 is 2.48 bits per heavy atom. The van der Waals surface area contributed by atoms with Gasteiger partial charge in [-0.15, -0.1) is 0 Å². The van der Waals surface area contributed by atoms with Gasteiger partial charge in [-0.25, -0.2) is 13.8 Å². The lowest BCUT2D eigenvalue weighted by atomic mass is 10.0. The summed E-state index contributed by atoms with van der Waals surface area (Å²) in [4.78, 5) is 4.21. The molecule has 1 fully saturated rings. The van der Waals surface area contributed by atoms with E-state index in [4.69, 9.17) is 9.47 Å². The van der Waals surface area contributed by atoms with Crippen LogP contribution in [0.5, 0.6) is 0 Å². The zero-order valence-corrected chi connectivity index (χ0v) is 12.4.